The van der Waals surface area contributed by atoms with E-state index in [1.165, 1.54) is 23.4 Å². The lowest BCUT2D eigenvalue weighted by molar-refractivity contribution is 0.0276. The molecule has 0 radical (unpaired) electrons. The number of ether oxygens (including phenoxy) is 2. The van der Waals surface area contributed by atoms with Crippen molar-refractivity contribution in [2.45, 2.75) is 30.2 Å². The number of rotatable bonds is 8. The average Bonchev–Trinajstić information content (AvgIpc) is 2.71. The molecule has 3 rings (SSSR count). The summed E-state index contributed by atoms with van der Waals surface area (Å²) in [7, 11) is 1.52. The Hall–Kier alpha value is -2.48. The van der Waals surface area contributed by atoms with Gasteiger partial charge >= 0.3 is 5.69 Å². The van der Waals surface area contributed by atoms with Gasteiger partial charge in [0.25, 0.3) is 0 Å². The van der Waals surface area contributed by atoms with Gasteiger partial charge in [0.2, 0.25) is 0 Å². The summed E-state index contributed by atoms with van der Waals surface area (Å²) < 4.78 is 12.4. The van der Waals surface area contributed by atoms with Crippen molar-refractivity contribution < 1.29 is 14.6 Å². The third kappa shape index (κ3) is 6.01. The molecular weight excluding hydrogens is 424 g/mol. The smallest absolute Gasteiger partial charge is 0.353 e. The van der Waals surface area contributed by atoms with E-state index in [1.54, 1.807) is 44.3 Å². The van der Waals surface area contributed by atoms with Crippen LogP contribution in [0.1, 0.15) is 19.4 Å². The SMILES string of the molecule is COc1cc(-n2ccc(SCc3ccc(Cl)cc3)nc2=O)ccc1OCC(C)(C)O. The van der Waals surface area contributed by atoms with E-state index >= 15 is 0 Å². The van der Waals surface area contributed by atoms with Gasteiger partial charge in [0.15, 0.2) is 11.5 Å². The summed E-state index contributed by atoms with van der Waals surface area (Å²) in [4.78, 5) is 16.7. The van der Waals surface area contributed by atoms with Crippen molar-refractivity contribution in [3.63, 3.8) is 0 Å². The highest BCUT2D eigenvalue weighted by molar-refractivity contribution is 7.98. The van der Waals surface area contributed by atoms with Crippen molar-refractivity contribution in [3.05, 3.63) is 75.8 Å². The zero-order chi connectivity index (χ0) is 21.7. The molecule has 1 heterocycles. The molecule has 0 fully saturated rings. The van der Waals surface area contributed by atoms with Gasteiger partial charge < -0.3 is 14.6 Å². The normalized spacial score (nSPS) is 11.4. The first-order valence-electron chi connectivity index (χ1n) is 9.26. The molecule has 30 heavy (non-hydrogen) atoms. The Labute approximate surface area is 184 Å². The maximum absolute atomic E-state index is 12.6. The zero-order valence-corrected chi connectivity index (χ0v) is 18.5. The molecule has 1 N–H and O–H groups in total. The zero-order valence-electron chi connectivity index (χ0n) is 17.0. The molecule has 3 aromatic rings. The Morgan fingerprint density at radius 2 is 1.87 bits per heavy atom. The van der Waals surface area contributed by atoms with Crippen molar-refractivity contribution in [2.24, 2.45) is 0 Å². The van der Waals surface area contributed by atoms with Gasteiger partial charge in [-0.2, -0.15) is 4.98 Å². The third-order valence-electron chi connectivity index (χ3n) is 4.08. The molecule has 0 atom stereocenters. The molecule has 0 aliphatic rings. The number of thioether (sulfide) groups is 1. The molecule has 0 spiro atoms. The van der Waals surface area contributed by atoms with E-state index in [4.69, 9.17) is 21.1 Å². The quantitative estimate of drug-likeness (QED) is 0.410. The average molecular weight is 447 g/mol. The van der Waals surface area contributed by atoms with Crippen LogP contribution in [0, 0.1) is 0 Å². The van der Waals surface area contributed by atoms with E-state index in [-0.39, 0.29) is 12.3 Å². The number of aromatic nitrogens is 2. The van der Waals surface area contributed by atoms with Crippen molar-refractivity contribution in [2.75, 3.05) is 13.7 Å². The second-order valence-electron chi connectivity index (χ2n) is 7.27. The summed E-state index contributed by atoms with van der Waals surface area (Å²) in [6, 6.07) is 14.5. The summed E-state index contributed by atoms with van der Waals surface area (Å²) in [5.74, 6) is 1.64. The summed E-state index contributed by atoms with van der Waals surface area (Å²) in [5, 5.41) is 11.2. The monoisotopic (exact) mass is 446 g/mol. The minimum atomic E-state index is -0.968. The minimum Gasteiger partial charge on any atom is -0.493 e. The summed E-state index contributed by atoms with van der Waals surface area (Å²) in [6.07, 6.45) is 1.69. The maximum Gasteiger partial charge on any atom is 0.353 e. The van der Waals surface area contributed by atoms with Crippen LogP contribution >= 0.6 is 23.4 Å². The van der Waals surface area contributed by atoms with Crippen molar-refractivity contribution in [1.29, 1.82) is 0 Å². The second-order valence-corrected chi connectivity index (χ2v) is 8.70. The van der Waals surface area contributed by atoms with Gasteiger partial charge in [0, 0.05) is 23.0 Å². The fraction of sp³-hybridized carbons (Fsp3) is 0.273. The predicted octanol–water partition coefficient (Wildman–Crippen LogP) is 4.34. The largest absolute Gasteiger partial charge is 0.493 e. The van der Waals surface area contributed by atoms with E-state index in [2.05, 4.69) is 4.98 Å². The highest BCUT2D eigenvalue weighted by Crippen LogP contribution is 2.30. The Kier molecular flexibility index (Phi) is 7.07. The molecule has 6 nitrogen and oxygen atoms in total. The van der Waals surface area contributed by atoms with Crippen molar-refractivity contribution in [3.8, 4) is 17.2 Å². The van der Waals surface area contributed by atoms with E-state index in [1.807, 2.05) is 24.3 Å². The molecule has 0 saturated carbocycles. The lowest BCUT2D eigenvalue weighted by Gasteiger charge is -2.19. The Morgan fingerprint density at radius 3 is 2.50 bits per heavy atom. The van der Waals surface area contributed by atoms with Crippen LogP contribution in [0.15, 0.2) is 64.5 Å². The van der Waals surface area contributed by atoms with Crippen LogP contribution in [0.2, 0.25) is 5.02 Å². The van der Waals surface area contributed by atoms with Crippen LogP contribution in [0.25, 0.3) is 5.69 Å². The van der Waals surface area contributed by atoms with E-state index in [0.717, 1.165) is 5.56 Å². The summed E-state index contributed by atoms with van der Waals surface area (Å²) in [5.41, 5.74) is 0.351. The fourth-order valence-electron chi connectivity index (χ4n) is 2.58. The van der Waals surface area contributed by atoms with Gasteiger partial charge in [-0.3, -0.25) is 4.57 Å². The first-order valence-corrected chi connectivity index (χ1v) is 10.6. The highest BCUT2D eigenvalue weighted by atomic mass is 35.5. The van der Waals surface area contributed by atoms with Crippen LogP contribution in [0.5, 0.6) is 11.5 Å². The summed E-state index contributed by atoms with van der Waals surface area (Å²) in [6.45, 7) is 3.43. The summed E-state index contributed by atoms with van der Waals surface area (Å²) >= 11 is 7.38. The van der Waals surface area contributed by atoms with Gasteiger partial charge in [0.05, 0.1) is 18.4 Å². The molecule has 0 amide bonds. The van der Waals surface area contributed by atoms with E-state index in [0.29, 0.717) is 33.0 Å². The number of hydrogen-bond acceptors (Lipinski definition) is 6. The predicted molar refractivity (Wildman–Crippen MR) is 119 cm³/mol. The molecule has 158 valence electrons. The molecule has 8 heteroatoms. The van der Waals surface area contributed by atoms with Crippen LogP contribution in [-0.2, 0) is 5.75 Å². The van der Waals surface area contributed by atoms with Crippen LogP contribution in [0.3, 0.4) is 0 Å². The Balaban J connectivity index is 1.75. The van der Waals surface area contributed by atoms with Crippen LogP contribution in [0.4, 0.5) is 0 Å². The standard InChI is InChI=1S/C22H23ClN2O4S/c1-22(2,27)14-29-18-9-8-17(12-19(18)28-3)25-11-10-20(24-21(25)26)30-13-15-4-6-16(23)7-5-15/h4-12,27H,13-14H2,1-3H3. The number of aliphatic hydroxyl groups is 1. The van der Waals surface area contributed by atoms with Crippen LogP contribution in [-0.4, -0.2) is 34.0 Å². The highest BCUT2D eigenvalue weighted by Gasteiger charge is 2.16. The lowest BCUT2D eigenvalue weighted by Crippen LogP contribution is -2.28. The molecule has 0 aliphatic heterocycles. The Morgan fingerprint density at radius 1 is 1.13 bits per heavy atom. The van der Waals surface area contributed by atoms with E-state index < -0.39 is 5.60 Å². The number of benzene rings is 2. The van der Waals surface area contributed by atoms with E-state index in [9.17, 15) is 9.90 Å². The number of nitrogens with zero attached hydrogens (tertiary/aromatic N) is 2. The molecule has 2 aromatic carbocycles. The molecule has 0 bridgehead atoms. The van der Waals surface area contributed by atoms with Crippen LogP contribution < -0.4 is 15.2 Å². The Bertz CT molecular complexity index is 1060. The second kappa shape index (κ2) is 9.55. The van der Waals surface area contributed by atoms with Gasteiger partial charge in [0.1, 0.15) is 11.6 Å². The first-order chi connectivity index (χ1) is 14.2. The van der Waals surface area contributed by atoms with Gasteiger partial charge in [-0.15, -0.1) is 11.8 Å². The maximum atomic E-state index is 12.6. The molecular formula is C22H23ClN2O4S. The fourth-order valence-corrected chi connectivity index (χ4v) is 3.51. The number of hydrogen-bond donors (Lipinski definition) is 1. The van der Waals surface area contributed by atoms with Gasteiger partial charge in [-0.1, -0.05) is 23.7 Å². The van der Waals surface area contributed by atoms with Gasteiger partial charge in [-0.25, -0.2) is 4.79 Å². The topological polar surface area (TPSA) is 73.6 Å². The lowest BCUT2D eigenvalue weighted by atomic mass is 10.2. The van der Waals surface area contributed by atoms with Crippen molar-refractivity contribution in [1.82, 2.24) is 9.55 Å². The molecule has 0 saturated heterocycles. The molecule has 0 unspecified atom stereocenters. The van der Waals surface area contributed by atoms with Gasteiger partial charge in [-0.05, 0) is 49.7 Å². The van der Waals surface area contributed by atoms with Crippen molar-refractivity contribution >= 4 is 23.4 Å². The molecule has 1 aromatic heterocycles. The third-order valence-corrected chi connectivity index (χ3v) is 5.34. The first kappa shape index (κ1) is 22.2. The number of methoxy groups -OCH3 is 1. The minimum absolute atomic E-state index is 0.115. The molecule has 0 aliphatic carbocycles. The number of halogens is 1.